The molecule has 12 heteroatoms. The molecule has 0 saturated carbocycles. The van der Waals surface area contributed by atoms with Crippen molar-refractivity contribution in [3.05, 3.63) is 35.5 Å². The molecule has 222 valence electrons. The highest BCUT2D eigenvalue weighted by Gasteiger charge is 2.20. The zero-order valence-electron chi connectivity index (χ0n) is 24.8. The first-order chi connectivity index (χ1) is 19.6. The molecule has 2 aromatic rings. The molecule has 1 aromatic carbocycles. The molecule has 0 saturated heterocycles. The Morgan fingerprint density at radius 1 is 1.20 bits per heavy atom. The third-order valence-corrected chi connectivity index (χ3v) is 5.45. The van der Waals surface area contributed by atoms with Crippen LogP contribution in [0.1, 0.15) is 51.2 Å². The van der Waals surface area contributed by atoms with Crippen molar-refractivity contribution in [2.45, 2.75) is 45.6 Å². The topological polar surface area (TPSA) is 154 Å². The normalized spacial score (nSPS) is 10.6. The van der Waals surface area contributed by atoms with Gasteiger partial charge in [-0.25, -0.2) is 9.78 Å². The maximum atomic E-state index is 12.1. The average molecular weight is 567 g/mol. The number of hydrogen-bond donors (Lipinski definition) is 5. The summed E-state index contributed by atoms with van der Waals surface area (Å²) >= 11 is 0. The van der Waals surface area contributed by atoms with Crippen molar-refractivity contribution in [2.24, 2.45) is 0 Å². The Bertz CT molecular complexity index is 1230. The minimum atomic E-state index is -0.619. The zero-order chi connectivity index (χ0) is 30.3. The van der Waals surface area contributed by atoms with Crippen LogP contribution in [0.25, 0.3) is 0 Å². The second kappa shape index (κ2) is 16.7. The van der Waals surface area contributed by atoms with Crippen molar-refractivity contribution in [2.75, 3.05) is 63.4 Å². The van der Waals surface area contributed by atoms with Crippen molar-refractivity contribution < 1.29 is 19.1 Å². The van der Waals surface area contributed by atoms with E-state index in [0.29, 0.717) is 49.9 Å². The van der Waals surface area contributed by atoms with Crippen LogP contribution in [-0.2, 0) is 14.3 Å². The van der Waals surface area contributed by atoms with E-state index in [1.165, 1.54) is 18.2 Å². The van der Waals surface area contributed by atoms with Crippen molar-refractivity contribution in [1.29, 1.82) is 5.41 Å². The molecule has 0 fully saturated rings. The van der Waals surface area contributed by atoms with Crippen LogP contribution in [0.15, 0.2) is 24.4 Å². The fourth-order valence-corrected chi connectivity index (χ4v) is 3.45. The lowest BCUT2D eigenvalue weighted by molar-refractivity contribution is -0.122. The first kappa shape index (κ1) is 32.8. The van der Waals surface area contributed by atoms with E-state index in [1.807, 2.05) is 25.2 Å². The van der Waals surface area contributed by atoms with Crippen molar-refractivity contribution in [1.82, 2.24) is 20.2 Å². The van der Waals surface area contributed by atoms with Gasteiger partial charge in [0.05, 0.1) is 11.8 Å². The predicted molar refractivity (Wildman–Crippen MR) is 162 cm³/mol. The van der Waals surface area contributed by atoms with Crippen LogP contribution in [0, 0.1) is 17.3 Å². The second-order valence-corrected chi connectivity index (χ2v) is 10.1. The SMILES string of the molecule is CNc1ccc(Nc2ncc(C#CCCCNC(=O)CN(C)C(=O)OC(C)(C)C)c(NCCCOC)n2)cc1C=N. The molecule has 0 unspecified atom stereocenters. The molecule has 0 radical (unpaired) electrons. The van der Waals surface area contributed by atoms with Gasteiger partial charge in [0.2, 0.25) is 11.9 Å². The van der Waals surface area contributed by atoms with Crippen LogP contribution in [0.3, 0.4) is 0 Å². The number of benzene rings is 1. The lowest BCUT2D eigenvalue weighted by Crippen LogP contribution is -2.41. The van der Waals surface area contributed by atoms with Gasteiger partial charge in [0, 0.05) is 70.5 Å². The summed E-state index contributed by atoms with van der Waals surface area (Å²) in [5.74, 6) is 6.97. The zero-order valence-corrected chi connectivity index (χ0v) is 24.8. The molecule has 12 nitrogen and oxygen atoms in total. The van der Waals surface area contributed by atoms with Gasteiger partial charge in [-0.15, -0.1) is 0 Å². The summed E-state index contributed by atoms with van der Waals surface area (Å²) in [7, 11) is 4.99. The fourth-order valence-electron chi connectivity index (χ4n) is 3.45. The minimum Gasteiger partial charge on any atom is -0.444 e. The van der Waals surface area contributed by atoms with E-state index in [-0.39, 0.29) is 12.5 Å². The number of amides is 2. The molecule has 41 heavy (non-hydrogen) atoms. The molecule has 0 aliphatic heterocycles. The van der Waals surface area contributed by atoms with Crippen molar-refractivity contribution >= 4 is 41.4 Å². The van der Waals surface area contributed by atoms with E-state index in [9.17, 15) is 9.59 Å². The molecule has 0 aliphatic rings. The van der Waals surface area contributed by atoms with Gasteiger partial charge in [-0.1, -0.05) is 11.8 Å². The van der Waals surface area contributed by atoms with E-state index in [2.05, 4.69) is 43.1 Å². The number of nitrogens with zero attached hydrogens (tertiary/aromatic N) is 3. The number of hydrogen-bond acceptors (Lipinski definition) is 10. The third-order valence-electron chi connectivity index (χ3n) is 5.45. The number of likely N-dealkylation sites (N-methyl/N-ethyl adjacent to an activating group) is 1. The summed E-state index contributed by atoms with van der Waals surface area (Å²) in [5, 5.41) is 20.0. The Morgan fingerprint density at radius 2 is 1.98 bits per heavy atom. The highest BCUT2D eigenvalue weighted by atomic mass is 16.6. The number of rotatable bonds is 14. The van der Waals surface area contributed by atoms with Gasteiger partial charge in [-0.05, 0) is 51.8 Å². The summed E-state index contributed by atoms with van der Waals surface area (Å²) in [6.07, 6.45) is 4.39. The van der Waals surface area contributed by atoms with Crippen LogP contribution in [0.4, 0.5) is 27.9 Å². The lowest BCUT2D eigenvalue weighted by Gasteiger charge is -2.24. The van der Waals surface area contributed by atoms with Gasteiger partial charge in [0.25, 0.3) is 0 Å². The van der Waals surface area contributed by atoms with E-state index in [4.69, 9.17) is 14.9 Å². The standard InChI is InChI=1S/C29H42N8O4/c1-29(2,3)41-28(39)37(5)20-25(38)32-14-9-7-8-11-21-19-34-27(36-26(21)33-15-10-16-40-6)35-23-12-13-24(31-4)22(17-23)18-30/h12-13,17-19,30-31H,7,9-10,14-16,20H2,1-6H3,(H,32,38)(H2,33,34,35,36). The van der Waals surface area contributed by atoms with Gasteiger partial charge in [-0.3, -0.25) is 4.79 Å². The van der Waals surface area contributed by atoms with E-state index in [0.717, 1.165) is 23.4 Å². The number of anilines is 4. The molecule has 1 heterocycles. The molecular formula is C29H42N8O4. The maximum Gasteiger partial charge on any atom is 0.410 e. The van der Waals surface area contributed by atoms with Crippen LogP contribution >= 0.6 is 0 Å². The van der Waals surface area contributed by atoms with Gasteiger partial charge in [0.1, 0.15) is 18.0 Å². The molecular weight excluding hydrogens is 524 g/mol. The number of aromatic nitrogens is 2. The molecule has 0 bridgehead atoms. The van der Waals surface area contributed by atoms with Crippen LogP contribution in [0.2, 0.25) is 0 Å². The number of ether oxygens (including phenoxy) is 2. The Labute approximate surface area is 242 Å². The average Bonchev–Trinajstić information content (AvgIpc) is 2.92. The molecule has 2 amide bonds. The Kier molecular flexibility index (Phi) is 13.4. The lowest BCUT2D eigenvalue weighted by atomic mass is 10.1. The van der Waals surface area contributed by atoms with Gasteiger partial charge in [0.15, 0.2) is 0 Å². The summed E-state index contributed by atoms with van der Waals surface area (Å²) in [5.41, 5.74) is 2.38. The Hall–Kier alpha value is -4.37. The van der Waals surface area contributed by atoms with Crippen LogP contribution < -0.4 is 21.3 Å². The molecule has 1 aromatic heterocycles. The second-order valence-electron chi connectivity index (χ2n) is 10.1. The first-order valence-corrected chi connectivity index (χ1v) is 13.4. The van der Waals surface area contributed by atoms with Gasteiger partial charge in [-0.2, -0.15) is 4.98 Å². The number of methoxy groups -OCH3 is 1. The summed E-state index contributed by atoms with van der Waals surface area (Å²) < 4.78 is 10.4. The quantitative estimate of drug-likeness (QED) is 0.130. The smallest absolute Gasteiger partial charge is 0.410 e. The van der Waals surface area contributed by atoms with Crippen LogP contribution in [-0.4, -0.2) is 86.1 Å². The van der Waals surface area contributed by atoms with Crippen molar-refractivity contribution in [3.63, 3.8) is 0 Å². The van der Waals surface area contributed by atoms with Crippen LogP contribution in [0.5, 0.6) is 0 Å². The number of carbonyl (C=O) groups is 2. The van der Waals surface area contributed by atoms with Crippen molar-refractivity contribution in [3.8, 4) is 11.8 Å². The molecule has 0 spiro atoms. The van der Waals surface area contributed by atoms with E-state index >= 15 is 0 Å². The summed E-state index contributed by atoms with van der Waals surface area (Å²) in [4.78, 5) is 34.4. The largest absolute Gasteiger partial charge is 0.444 e. The van der Waals surface area contributed by atoms with E-state index in [1.54, 1.807) is 34.1 Å². The van der Waals surface area contributed by atoms with E-state index < -0.39 is 11.7 Å². The highest BCUT2D eigenvalue weighted by Crippen LogP contribution is 2.22. The highest BCUT2D eigenvalue weighted by molar-refractivity contribution is 5.88. The Balaban J connectivity index is 1.96. The van der Waals surface area contributed by atoms with Gasteiger partial charge >= 0.3 is 6.09 Å². The number of unbranched alkanes of at least 4 members (excludes halogenated alkanes) is 1. The molecule has 2 rings (SSSR count). The first-order valence-electron chi connectivity index (χ1n) is 13.4. The maximum absolute atomic E-state index is 12.1. The number of nitrogens with one attached hydrogen (secondary N) is 5. The van der Waals surface area contributed by atoms with Gasteiger partial charge < -0.3 is 41.1 Å². The monoisotopic (exact) mass is 566 g/mol. The Morgan fingerprint density at radius 3 is 2.66 bits per heavy atom. The molecule has 0 atom stereocenters. The number of carbonyl (C=O) groups excluding carboxylic acids is 2. The third kappa shape index (κ3) is 12.1. The summed E-state index contributed by atoms with van der Waals surface area (Å²) in [6.45, 7) is 6.94. The molecule has 0 aliphatic carbocycles. The molecule has 5 N–H and O–H groups in total. The predicted octanol–water partition coefficient (Wildman–Crippen LogP) is 3.82. The summed E-state index contributed by atoms with van der Waals surface area (Å²) in [6, 6.07) is 5.61. The fraction of sp³-hybridized carbons (Fsp3) is 0.483. The minimum absolute atomic E-state index is 0.0846.